The van der Waals surface area contributed by atoms with Gasteiger partial charge in [0.2, 0.25) is 0 Å². The molecule has 0 fully saturated rings. The molecule has 3 aromatic heterocycles. The van der Waals surface area contributed by atoms with E-state index in [4.69, 9.17) is 23.2 Å². The molecule has 0 saturated carbocycles. The Morgan fingerprint density at radius 2 is 1.22 bits per heavy atom. The summed E-state index contributed by atoms with van der Waals surface area (Å²) >= 11 is 23.6. The molecule has 4 rings (SSSR count). The van der Waals surface area contributed by atoms with E-state index in [2.05, 4.69) is 52.7 Å². The summed E-state index contributed by atoms with van der Waals surface area (Å²) in [6, 6.07) is 8.02. The Bertz CT molecular complexity index is 919. The van der Waals surface area contributed by atoms with Gasteiger partial charge in [-0.2, -0.15) is 8.75 Å². The lowest BCUT2D eigenvalue weighted by Gasteiger charge is -2.03. The third-order valence-electron chi connectivity index (χ3n) is 3.24. The van der Waals surface area contributed by atoms with Crippen LogP contribution in [0.1, 0.15) is 0 Å². The van der Waals surface area contributed by atoms with Crippen molar-refractivity contribution in [2.45, 2.75) is 0 Å². The number of hydrogen-bond acceptors (Lipinski definition) is 5. The first-order valence-corrected chi connectivity index (χ1v) is 10.9. The molecule has 0 bridgehead atoms. The molecule has 0 unspecified atom stereocenters. The highest BCUT2D eigenvalue weighted by Crippen LogP contribution is 2.44. The van der Waals surface area contributed by atoms with Crippen molar-refractivity contribution in [3.63, 3.8) is 0 Å². The Morgan fingerprint density at radius 3 is 1.57 bits per heavy atom. The van der Waals surface area contributed by atoms with Gasteiger partial charge in [-0.15, -0.1) is 22.7 Å². The summed E-state index contributed by atoms with van der Waals surface area (Å²) in [5.74, 6) is 0. The minimum atomic E-state index is 0.708. The van der Waals surface area contributed by atoms with Crippen molar-refractivity contribution < 1.29 is 0 Å². The van der Waals surface area contributed by atoms with Gasteiger partial charge < -0.3 is 0 Å². The van der Waals surface area contributed by atoms with Crippen LogP contribution in [0.2, 0.25) is 10.0 Å². The monoisotopic (exact) mass is 524 g/mol. The second-order valence-corrected chi connectivity index (χ2v) is 10.7. The van der Waals surface area contributed by atoms with Crippen LogP contribution in [0.15, 0.2) is 31.8 Å². The Morgan fingerprint density at radius 1 is 0.783 bits per heavy atom. The topological polar surface area (TPSA) is 25.8 Å². The number of fused-ring (bicyclic) bond motifs is 1. The Labute approximate surface area is 170 Å². The van der Waals surface area contributed by atoms with E-state index in [0.29, 0.717) is 10.0 Å². The van der Waals surface area contributed by atoms with Gasteiger partial charge in [0.1, 0.15) is 11.0 Å². The molecule has 0 aliphatic carbocycles. The van der Waals surface area contributed by atoms with E-state index >= 15 is 0 Å². The highest BCUT2D eigenvalue weighted by Gasteiger charge is 2.17. The standard InChI is InChI=1S/C14H4Br2Cl2N2S3/c15-13-7(17)3-9(21-13)5-1-2-6(12-11(5)19-23-20-12)10-4-8(18)14(16)22-10/h1-4H. The number of benzene rings is 1. The van der Waals surface area contributed by atoms with Crippen molar-refractivity contribution >= 4 is 100 Å². The maximum Gasteiger partial charge on any atom is 0.114 e. The third kappa shape index (κ3) is 2.90. The summed E-state index contributed by atoms with van der Waals surface area (Å²) < 4.78 is 10.8. The van der Waals surface area contributed by atoms with Crippen LogP contribution in [-0.2, 0) is 0 Å². The smallest absolute Gasteiger partial charge is 0.114 e. The van der Waals surface area contributed by atoms with Gasteiger partial charge in [0.05, 0.1) is 29.3 Å². The molecule has 3 heterocycles. The molecule has 1 aromatic carbocycles. The van der Waals surface area contributed by atoms with E-state index in [9.17, 15) is 0 Å². The summed E-state index contributed by atoms with van der Waals surface area (Å²) in [7, 11) is 0. The predicted molar refractivity (Wildman–Crippen MR) is 109 cm³/mol. The number of nitrogens with zero attached hydrogens (tertiary/aromatic N) is 2. The molecular weight excluding hydrogens is 523 g/mol. The molecule has 0 saturated heterocycles. The molecule has 0 amide bonds. The zero-order valence-electron chi connectivity index (χ0n) is 10.9. The first-order chi connectivity index (χ1) is 11.0. The van der Waals surface area contributed by atoms with E-state index in [1.807, 2.05) is 12.1 Å². The van der Waals surface area contributed by atoms with Crippen molar-refractivity contribution in [1.82, 2.24) is 8.75 Å². The van der Waals surface area contributed by atoms with Gasteiger partial charge in [0, 0.05) is 20.9 Å². The zero-order chi connectivity index (χ0) is 16.1. The Hall–Kier alpha value is -0.0200. The normalized spacial score (nSPS) is 11.5. The quantitative estimate of drug-likeness (QED) is 0.264. The molecule has 2 nitrogen and oxygen atoms in total. The molecule has 4 aromatic rings. The minimum Gasteiger partial charge on any atom is -0.172 e. The number of hydrogen-bond donors (Lipinski definition) is 0. The third-order valence-corrected chi connectivity index (χ3v) is 8.78. The average Bonchev–Trinajstić information content (AvgIpc) is 3.20. The maximum atomic E-state index is 6.16. The van der Waals surface area contributed by atoms with Crippen LogP contribution >= 0.6 is 89.5 Å². The van der Waals surface area contributed by atoms with Crippen molar-refractivity contribution in [3.05, 3.63) is 41.9 Å². The van der Waals surface area contributed by atoms with Crippen molar-refractivity contribution in [1.29, 1.82) is 0 Å². The van der Waals surface area contributed by atoms with Crippen LogP contribution < -0.4 is 0 Å². The van der Waals surface area contributed by atoms with Crippen LogP contribution in [0.4, 0.5) is 0 Å². The summed E-state index contributed by atoms with van der Waals surface area (Å²) in [5, 5.41) is 1.42. The zero-order valence-corrected chi connectivity index (χ0v) is 18.1. The fourth-order valence-corrected chi connectivity index (χ4v) is 6.25. The van der Waals surface area contributed by atoms with Crippen LogP contribution in [0.3, 0.4) is 0 Å². The molecule has 0 aliphatic heterocycles. The molecule has 0 radical (unpaired) electrons. The van der Waals surface area contributed by atoms with Gasteiger partial charge >= 0.3 is 0 Å². The van der Waals surface area contributed by atoms with Crippen molar-refractivity contribution in [2.75, 3.05) is 0 Å². The lowest BCUT2D eigenvalue weighted by molar-refractivity contribution is 1.63. The van der Waals surface area contributed by atoms with Gasteiger partial charge in [0.15, 0.2) is 0 Å². The second kappa shape index (κ2) is 6.37. The molecule has 9 heteroatoms. The van der Waals surface area contributed by atoms with E-state index in [1.54, 1.807) is 22.7 Å². The number of halogens is 4. The lowest BCUT2D eigenvalue weighted by Crippen LogP contribution is -1.81. The molecule has 0 aliphatic rings. The fourth-order valence-electron chi connectivity index (χ4n) is 2.22. The average molecular weight is 527 g/mol. The maximum absolute atomic E-state index is 6.16. The summed E-state index contributed by atoms with van der Waals surface area (Å²) in [6.07, 6.45) is 0. The molecule has 116 valence electrons. The highest BCUT2D eigenvalue weighted by molar-refractivity contribution is 9.11. The van der Waals surface area contributed by atoms with E-state index in [1.165, 1.54) is 11.7 Å². The van der Waals surface area contributed by atoms with Gasteiger partial charge in [-0.1, -0.05) is 35.3 Å². The Balaban J connectivity index is 1.94. The van der Waals surface area contributed by atoms with Crippen LogP contribution in [0.25, 0.3) is 31.9 Å². The molecule has 0 N–H and O–H groups in total. The number of rotatable bonds is 2. The minimum absolute atomic E-state index is 0.708. The molecule has 0 atom stereocenters. The Kier molecular flexibility index (Phi) is 4.55. The van der Waals surface area contributed by atoms with E-state index in [-0.39, 0.29) is 0 Å². The van der Waals surface area contributed by atoms with Crippen LogP contribution in [0, 0.1) is 0 Å². The molecular formula is C14H4Br2Cl2N2S3. The summed E-state index contributed by atoms with van der Waals surface area (Å²) in [5.41, 5.74) is 3.85. The van der Waals surface area contributed by atoms with Crippen LogP contribution in [-0.4, -0.2) is 8.75 Å². The van der Waals surface area contributed by atoms with Crippen LogP contribution in [0.5, 0.6) is 0 Å². The van der Waals surface area contributed by atoms with Gasteiger partial charge in [-0.3, -0.25) is 0 Å². The van der Waals surface area contributed by atoms with Crippen molar-refractivity contribution in [2.24, 2.45) is 0 Å². The largest absolute Gasteiger partial charge is 0.172 e. The van der Waals surface area contributed by atoms with Gasteiger partial charge in [-0.25, -0.2) is 0 Å². The first kappa shape index (κ1) is 16.4. The number of aromatic nitrogens is 2. The highest BCUT2D eigenvalue weighted by atomic mass is 79.9. The van der Waals surface area contributed by atoms with Gasteiger partial charge in [0.25, 0.3) is 0 Å². The van der Waals surface area contributed by atoms with E-state index < -0.39 is 0 Å². The van der Waals surface area contributed by atoms with Crippen molar-refractivity contribution in [3.8, 4) is 20.9 Å². The second-order valence-electron chi connectivity index (χ2n) is 4.59. The summed E-state index contributed by atoms with van der Waals surface area (Å²) in [4.78, 5) is 2.13. The first-order valence-electron chi connectivity index (χ1n) is 6.20. The molecule has 23 heavy (non-hydrogen) atoms. The van der Waals surface area contributed by atoms with Gasteiger partial charge in [-0.05, 0) is 44.0 Å². The number of thiophene rings is 2. The lowest BCUT2D eigenvalue weighted by atomic mass is 10.1. The SMILES string of the molecule is Clc1cc(-c2ccc(-c3cc(Cl)c(Br)s3)c3nsnc23)sc1Br. The molecule has 0 spiro atoms. The summed E-state index contributed by atoms with van der Waals surface area (Å²) in [6.45, 7) is 0. The predicted octanol–water partition coefficient (Wildman–Crippen LogP) is 7.98. The fraction of sp³-hybridized carbons (Fsp3) is 0. The van der Waals surface area contributed by atoms with E-state index in [0.717, 1.165) is 39.5 Å².